The molecule has 2 bridgehead atoms. The van der Waals surface area contributed by atoms with E-state index in [2.05, 4.69) is 13.5 Å². The summed E-state index contributed by atoms with van der Waals surface area (Å²) in [7, 11) is -1.39. The number of aliphatic hydroxyl groups excluding tert-OH is 1. The molecule has 0 aromatic heterocycles. The lowest BCUT2D eigenvalue weighted by molar-refractivity contribution is -0.208. The summed E-state index contributed by atoms with van der Waals surface area (Å²) in [4.78, 5) is 39.2. The van der Waals surface area contributed by atoms with Gasteiger partial charge in [-0.15, -0.1) is 6.58 Å². The summed E-state index contributed by atoms with van der Waals surface area (Å²) in [6.07, 6.45) is 2.86. The number of benzene rings is 1. The van der Waals surface area contributed by atoms with E-state index >= 15 is 0 Å². The van der Waals surface area contributed by atoms with E-state index in [1.807, 2.05) is 20.8 Å². The molecule has 41 heavy (non-hydrogen) atoms. The van der Waals surface area contributed by atoms with Gasteiger partial charge in [0.25, 0.3) is 0 Å². The summed E-state index contributed by atoms with van der Waals surface area (Å²) in [5, 5.41) is 21.5. The number of carbonyl (C=O) groups is 3. The monoisotopic (exact) mass is 570 g/mol. The number of fused-ring (bicyclic) bond motifs is 1. The average molecular weight is 570 g/mol. The molecule has 5 rings (SSSR count). The first-order valence-corrected chi connectivity index (χ1v) is 14.6. The highest BCUT2D eigenvalue weighted by atomic mass is 19.1. The number of hydrogen-bond acceptors (Lipinski definition) is 8. The Balaban J connectivity index is 1.34. The Morgan fingerprint density at radius 3 is 2.68 bits per heavy atom. The lowest BCUT2D eigenvalue weighted by Gasteiger charge is -2.61. The van der Waals surface area contributed by atoms with E-state index in [4.69, 9.17) is 14.1 Å². The van der Waals surface area contributed by atoms with Crippen molar-refractivity contribution in [3.05, 3.63) is 41.7 Å². The molecule has 3 aliphatic carbocycles. The summed E-state index contributed by atoms with van der Waals surface area (Å²) in [6, 6.07) is 3.02. The number of ketones is 1. The highest BCUT2D eigenvalue weighted by molar-refractivity contribution is 6.61. The van der Waals surface area contributed by atoms with Gasteiger partial charge in [-0.1, -0.05) is 45.9 Å². The molecule has 1 heterocycles. The van der Waals surface area contributed by atoms with Crippen molar-refractivity contribution in [3.63, 3.8) is 0 Å². The Kier molecular flexibility index (Phi) is 7.75. The summed E-state index contributed by atoms with van der Waals surface area (Å²) >= 11 is 0. The summed E-state index contributed by atoms with van der Waals surface area (Å²) < 4.78 is 31.2. The molecule has 8 atom stereocenters. The lowest BCUT2D eigenvalue weighted by Crippen LogP contribution is -2.63. The van der Waals surface area contributed by atoms with Crippen LogP contribution in [0, 0.1) is 39.8 Å². The van der Waals surface area contributed by atoms with E-state index in [0.717, 1.165) is 12.8 Å². The van der Waals surface area contributed by atoms with E-state index in [0.29, 0.717) is 18.4 Å². The summed E-state index contributed by atoms with van der Waals surface area (Å²) in [5.74, 6) is -2.61. The van der Waals surface area contributed by atoms with E-state index in [1.165, 1.54) is 6.07 Å². The van der Waals surface area contributed by atoms with Gasteiger partial charge >= 0.3 is 19.1 Å². The fourth-order valence-corrected chi connectivity index (χ4v) is 8.50. The maximum Gasteiger partial charge on any atom is 0.494 e. The van der Waals surface area contributed by atoms with Crippen molar-refractivity contribution < 1.29 is 43.0 Å². The third kappa shape index (κ3) is 4.66. The number of Topliss-reactive ketones (excluding diaryl/α,β-unsaturated/α-hetero) is 1. The van der Waals surface area contributed by atoms with Crippen LogP contribution in [0.3, 0.4) is 0 Å². The minimum Gasteiger partial charge on any atom is -0.459 e. The van der Waals surface area contributed by atoms with Gasteiger partial charge in [0.2, 0.25) is 0 Å². The van der Waals surface area contributed by atoms with Crippen LogP contribution in [-0.4, -0.2) is 53.8 Å². The molecule has 0 amide bonds. The second-order valence-electron chi connectivity index (χ2n) is 13.2. The number of carbonyl (C=O) groups excluding carboxylic acids is 3. The Morgan fingerprint density at radius 1 is 1.24 bits per heavy atom. The smallest absolute Gasteiger partial charge is 0.459 e. The van der Waals surface area contributed by atoms with Gasteiger partial charge < -0.3 is 24.3 Å². The Morgan fingerprint density at radius 2 is 1.98 bits per heavy atom. The van der Waals surface area contributed by atoms with Gasteiger partial charge in [0.15, 0.2) is 6.61 Å². The quantitative estimate of drug-likeness (QED) is 0.305. The largest absolute Gasteiger partial charge is 0.494 e. The van der Waals surface area contributed by atoms with Gasteiger partial charge in [0, 0.05) is 28.6 Å². The van der Waals surface area contributed by atoms with Crippen LogP contribution in [0.4, 0.5) is 4.39 Å². The third-order valence-electron chi connectivity index (χ3n) is 11.3. The summed E-state index contributed by atoms with van der Waals surface area (Å²) in [6.45, 7) is 11.5. The molecule has 3 saturated carbocycles. The van der Waals surface area contributed by atoms with E-state index < -0.39 is 66.4 Å². The Hall–Kier alpha value is -2.56. The van der Waals surface area contributed by atoms with Crippen LogP contribution in [0.5, 0.6) is 0 Å². The molecule has 8 nitrogen and oxygen atoms in total. The minimum atomic E-state index is -1.39. The normalized spacial score (nSPS) is 38.0. The first-order valence-electron chi connectivity index (χ1n) is 14.6. The van der Waals surface area contributed by atoms with E-state index in [-0.39, 0.29) is 47.6 Å². The fourth-order valence-electron chi connectivity index (χ4n) is 8.50. The van der Waals surface area contributed by atoms with Crippen LogP contribution in [-0.2, 0) is 41.5 Å². The number of hydrogen-bond donors (Lipinski definition) is 2. The molecule has 1 aliphatic heterocycles. The van der Waals surface area contributed by atoms with Crippen LogP contribution < -0.4 is 5.46 Å². The molecular weight excluding hydrogens is 530 g/mol. The average Bonchev–Trinajstić information content (AvgIpc) is 3.50. The van der Waals surface area contributed by atoms with Crippen molar-refractivity contribution in [1.82, 2.24) is 0 Å². The maximum absolute atomic E-state index is 14.9. The number of esters is 2. The van der Waals surface area contributed by atoms with Crippen molar-refractivity contribution in [3.8, 4) is 0 Å². The SMILES string of the molecule is C=C[C@]1(C)C[C@@H](OC(=O)COC(=O)Cc2ccc3c(c2F)B(O)OC3)[C@]2(C)[C@H](C)CC[C@]3(CCC(=O)[C@H]32)[C@@H](C)[C@@H]1O. The zero-order valence-electron chi connectivity index (χ0n) is 24.3. The van der Waals surface area contributed by atoms with E-state index in [9.17, 15) is 28.9 Å². The van der Waals surface area contributed by atoms with Crippen molar-refractivity contribution >= 4 is 30.3 Å². The van der Waals surface area contributed by atoms with Gasteiger partial charge in [-0.05, 0) is 54.1 Å². The second-order valence-corrected chi connectivity index (χ2v) is 13.2. The summed E-state index contributed by atoms with van der Waals surface area (Å²) in [5.41, 5.74) is -1.30. The molecule has 1 aromatic rings. The maximum atomic E-state index is 14.9. The fraction of sp³-hybridized carbons (Fsp3) is 0.645. The standard InChI is InChI=1S/C31H40BFO8/c1-6-29(4)14-22(30(5)17(2)9-11-31(18(3)28(29)37)12-10-21(34)27(30)31)41-24(36)16-39-23(35)13-19-7-8-20-15-40-32(38)25(20)26(19)33/h6-8,17-18,22,27-28,37-38H,1,9-16H2,2-5H3/t17-,18+,22-,27+,28+,29-,30+,31+/m1/s1. The van der Waals surface area contributed by atoms with Crippen molar-refractivity contribution in [2.75, 3.05) is 6.61 Å². The molecule has 2 N–H and O–H groups in total. The third-order valence-corrected chi connectivity index (χ3v) is 11.3. The van der Waals surface area contributed by atoms with E-state index in [1.54, 1.807) is 12.1 Å². The number of ether oxygens (including phenoxy) is 2. The molecule has 10 heteroatoms. The van der Waals surface area contributed by atoms with Gasteiger partial charge in [-0.3, -0.25) is 9.59 Å². The Labute approximate surface area is 240 Å². The van der Waals surface area contributed by atoms with Gasteiger partial charge in [0.05, 0.1) is 19.1 Å². The predicted molar refractivity (Wildman–Crippen MR) is 148 cm³/mol. The van der Waals surface area contributed by atoms with Crippen molar-refractivity contribution in [2.45, 2.75) is 85.0 Å². The van der Waals surface area contributed by atoms with Crippen LogP contribution in [0.2, 0.25) is 0 Å². The van der Waals surface area contributed by atoms with Crippen LogP contribution in [0.15, 0.2) is 24.8 Å². The molecule has 0 spiro atoms. The molecule has 0 unspecified atom stereocenters. The zero-order chi connectivity index (χ0) is 29.9. The number of aliphatic hydroxyl groups is 1. The minimum absolute atomic E-state index is 0.00754. The highest BCUT2D eigenvalue weighted by Gasteiger charge is 2.68. The van der Waals surface area contributed by atoms with Gasteiger partial charge in [-0.25, -0.2) is 9.18 Å². The zero-order valence-corrected chi connectivity index (χ0v) is 24.3. The van der Waals surface area contributed by atoms with Crippen molar-refractivity contribution in [2.24, 2.45) is 34.0 Å². The molecule has 1 aromatic carbocycles. The molecular formula is C31H40BFO8. The Bertz CT molecular complexity index is 1270. The molecule has 0 radical (unpaired) electrons. The van der Waals surface area contributed by atoms with Crippen LogP contribution in [0.1, 0.15) is 70.9 Å². The lowest BCUT2D eigenvalue weighted by atomic mass is 9.44. The number of halogens is 1. The first-order chi connectivity index (χ1) is 19.3. The molecule has 0 saturated heterocycles. The van der Waals surface area contributed by atoms with Gasteiger partial charge in [-0.2, -0.15) is 0 Å². The van der Waals surface area contributed by atoms with Gasteiger partial charge in [0.1, 0.15) is 17.7 Å². The van der Waals surface area contributed by atoms with Crippen molar-refractivity contribution in [1.29, 1.82) is 0 Å². The highest BCUT2D eigenvalue weighted by Crippen LogP contribution is 2.68. The second kappa shape index (κ2) is 10.6. The molecule has 4 aliphatic rings. The van der Waals surface area contributed by atoms with Crippen LogP contribution >= 0.6 is 0 Å². The number of rotatable bonds is 6. The topological polar surface area (TPSA) is 119 Å². The molecule has 3 fully saturated rings. The van der Waals surface area contributed by atoms with Crippen LogP contribution in [0.25, 0.3) is 0 Å². The first kappa shape index (κ1) is 29.9. The predicted octanol–water partition coefficient (Wildman–Crippen LogP) is 3.04. The molecule has 222 valence electrons.